The topological polar surface area (TPSA) is 41.3 Å². The van der Waals surface area contributed by atoms with Crippen LogP contribution in [0.25, 0.3) is 10.8 Å². The van der Waals surface area contributed by atoms with E-state index >= 15 is 0 Å². The van der Waals surface area contributed by atoms with Gasteiger partial charge in [0.15, 0.2) is 0 Å². The van der Waals surface area contributed by atoms with Crippen LogP contribution in [0.3, 0.4) is 0 Å². The summed E-state index contributed by atoms with van der Waals surface area (Å²) in [5.41, 5.74) is 6.92. The lowest BCUT2D eigenvalue weighted by molar-refractivity contribution is 1.29. The van der Waals surface area contributed by atoms with Crippen LogP contribution in [0.1, 0.15) is 0 Å². The number of nitrogens with two attached hydrogens (primary N) is 1. The molecule has 4 aromatic carbocycles. The number of para-hydroxylation sites is 1. The van der Waals surface area contributed by atoms with Crippen LogP contribution in [0.15, 0.2) is 97.1 Å². The third-order valence-electron chi connectivity index (χ3n) is 4.31. The van der Waals surface area contributed by atoms with Gasteiger partial charge in [0.25, 0.3) is 0 Å². The lowest BCUT2D eigenvalue weighted by atomic mass is 10.1. The van der Waals surface area contributed by atoms with Gasteiger partial charge in [-0.25, -0.2) is 0 Å². The van der Waals surface area contributed by atoms with Gasteiger partial charge in [-0.3, -0.25) is 5.84 Å². The molecule has 0 unspecified atom stereocenters. The molecule has 0 aliphatic rings. The van der Waals surface area contributed by atoms with Crippen LogP contribution < -0.4 is 16.2 Å². The van der Waals surface area contributed by atoms with Gasteiger partial charge in [-0.1, -0.05) is 54.6 Å². The smallest absolute Gasteiger partial charge is 0.0540 e. The largest absolute Gasteiger partial charge is 0.324 e. The molecular weight excluding hydrogens is 306 g/mol. The Bertz CT molecular complexity index is 973. The van der Waals surface area contributed by atoms with E-state index in [0.717, 1.165) is 22.7 Å². The standard InChI is InChI=1S/C22H19N3/c23-24-18-13-15-20(16-14-18)25(19-9-2-1-3-10-19)22-12-6-8-17-7-4-5-11-21(17)22/h1-16,24H,23H2. The Balaban J connectivity index is 1.93. The second kappa shape index (κ2) is 6.67. The van der Waals surface area contributed by atoms with E-state index in [9.17, 15) is 0 Å². The lowest BCUT2D eigenvalue weighted by Crippen LogP contribution is -2.11. The summed E-state index contributed by atoms with van der Waals surface area (Å²) in [4.78, 5) is 2.27. The molecule has 0 radical (unpaired) electrons. The molecule has 4 rings (SSSR count). The van der Waals surface area contributed by atoms with Crippen LogP contribution in [0.2, 0.25) is 0 Å². The zero-order valence-corrected chi connectivity index (χ0v) is 13.8. The molecule has 0 heterocycles. The summed E-state index contributed by atoms with van der Waals surface area (Å²) < 4.78 is 0. The predicted octanol–water partition coefficient (Wildman–Crippen LogP) is 5.60. The third kappa shape index (κ3) is 2.93. The van der Waals surface area contributed by atoms with Gasteiger partial charge in [0.05, 0.1) is 5.69 Å². The Hall–Kier alpha value is -3.30. The van der Waals surface area contributed by atoms with Gasteiger partial charge < -0.3 is 10.3 Å². The van der Waals surface area contributed by atoms with Crippen molar-refractivity contribution in [1.29, 1.82) is 0 Å². The maximum atomic E-state index is 5.51. The molecule has 122 valence electrons. The van der Waals surface area contributed by atoms with E-state index in [2.05, 4.69) is 89.2 Å². The van der Waals surface area contributed by atoms with E-state index in [1.165, 1.54) is 10.8 Å². The number of nitrogens with zero attached hydrogens (tertiary/aromatic N) is 1. The highest BCUT2D eigenvalue weighted by atomic mass is 15.2. The molecule has 0 spiro atoms. The molecule has 0 saturated carbocycles. The molecule has 0 fully saturated rings. The molecule has 3 nitrogen and oxygen atoms in total. The third-order valence-corrected chi connectivity index (χ3v) is 4.31. The van der Waals surface area contributed by atoms with Gasteiger partial charge >= 0.3 is 0 Å². The van der Waals surface area contributed by atoms with E-state index in [-0.39, 0.29) is 0 Å². The molecule has 0 atom stereocenters. The summed E-state index contributed by atoms with van der Waals surface area (Å²) >= 11 is 0. The zero-order valence-electron chi connectivity index (χ0n) is 13.8. The molecule has 0 amide bonds. The molecule has 0 saturated heterocycles. The van der Waals surface area contributed by atoms with Crippen LogP contribution >= 0.6 is 0 Å². The monoisotopic (exact) mass is 325 g/mol. The molecule has 4 aromatic rings. The molecule has 0 aliphatic carbocycles. The van der Waals surface area contributed by atoms with Gasteiger partial charge in [-0.15, -0.1) is 0 Å². The zero-order chi connectivity index (χ0) is 17.1. The number of hydrazine groups is 1. The van der Waals surface area contributed by atoms with Crippen molar-refractivity contribution in [3.05, 3.63) is 97.1 Å². The fraction of sp³-hybridized carbons (Fsp3) is 0. The van der Waals surface area contributed by atoms with E-state index in [1.807, 2.05) is 18.2 Å². The van der Waals surface area contributed by atoms with Gasteiger partial charge in [-0.2, -0.15) is 0 Å². The Kier molecular flexibility index (Phi) is 4.07. The van der Waals surface area contributed by atoms with Crippen molar-refractivity contribution in [1.82, 2.24) is 0 Å². The van der Waals surface area contributed by atoms with Gasteiger partial charge in [0, 0.05) is 22.4 Å². The van der Waals surface area contributed by atoms with Crippen LogP contribution in [-0.2, 0) is 0 Å². The number of hydrogen-bond acceptors (Lipinski definition) is 3. The van der Waals surface area contributed by atoms with Crippen LogP contribution in [-0.4, -0.2) is 0 Å². The maximum Gasteiger partial charge on any atom is 0.0540 e. The highest BCUT2D eigenvalue weighted by Gasteiger charge is 2.14. The van der Waals surface area contributed by atoms with Crippen LogP contribution in [0.5, 0.6) is 0 Å². The molecule has 0 bridgehead atoms. The van der Waals surface area contributed by atoms with Gasteiger partial charge in [-0.05, 0) is 47.9 Å². The molecule has 0 aromatic heterocycles. The normalized spacial score (nSPS) is 10.6. The van der Waals surface area contributed by atoms with Crippen molar-refractivity contribution in [3.8, 4) is 0 Å². The van der Waals surface area contributed by atoms with Gasteiger partial charge in [0.2, 0.25) is 0 Å². The first-order valence-corrected chi connectivity index (χ1v) is 8.26. The molecule has 3 heteroatoms. The lowest BCUT2D eigenvalue weighted by Gasteiger charge is -2.27. The van der Waals surface area contributed by atoms with Crippen LogP contribution in [0, 0.1) is 0 Å². The number of fused-ring (bicyclic) bond motifs is 1. The summed E-state index contributed by atoms with van der Waals surface area (Å²) in [6.45, 7) is 0. The van der Waals surface area contributed by atoms with Crippen molar-refractivity contribution in [2.75, 3.05) is 10.3 Å². The molecular formula is C22H19N3. The van der Waals surface area contributed by atoms with E-state index in [1.54, 1.807) is 0 Å². The first kappa shape index (κ1) is 15.2. The molecule has 0 aliphatic heterocycles. The molecule has 25 heavy (non-hydrogen) atoms. The average molecular weight is 325 g/mol. The Morgan fingerprint density at radius 1 is 0.600 bits per heavy atom. The van der Waals surface area contributed by atoms with E-state index in [4.69, 9.17) is 5.84 Å². The number of nitrogens with one attached hydrogen (secondary N) is 1. The summed E-state index contributed by atoms with van der Waals surface area (Å²) in [5.74, 6) is 5.51. The number of nitrogen functional groups attached to an aromatic ring is 1. The Morgan fingerprint density at radius 3 is 2.00 bits per heavy atom. The maximum absolute atomic E-state index is 5.51. The Labute approximate surface area is 147 Å². The van der Waals surface area contributed by atoms with Gasteiger partial charge in [0.1, 0.15) is 0 Å². The summed E-state index contributed by atoms with van der Waals surface area (Å²) in [7, 11) is 0. The number of anilines is 4. The second-order valence-corrected chi connectivity index (χ2v) is 5.86. The summed E-state index contributed by atoms with van der Waals surface area (Å²) in [5, 5.41) is 2.44. The minimum atomic E-state index is 0.884. The minimum absolute atomic E-state index is 0.884. The van der Waals surface area contributed by atoms with Crippen molar-refractivity contribution in [2.45, 2.75) is 0 Å². The number of benzene rings is 4. The summed E-state index contributed by atoms with van der Waals surface area (Å²) in [6, 6.07) is 33.4. The first-order valence-electron chi connectivity index (χ1n) is 8.26. The Morgan fingerprint density at radius 2 is 1.24 bits per heavy atom. The van der Waals surface area contributed by atoms with E-state index < -0.39 is 0 Å². The van der Waals surface area contributed by atoms with E-state index in [0.29, 0.717) is 0 Å². The fourth-order valence-corrected chi connectivity index (χ4v) is 3.11. The quantitative estimate of drug-likeness (QED) is 0.379. The van der Waals surface area contributed by atoms with Crippen molar-refractivity contribution >= 4 is 33.5 Å². The SMILES string of the molecule is NNc1ccc(N(c2ccccc2)c2cccc3ccccc23)cc1. The van der Waals surface area contributed by atoms with Crippen molar-refractivity contribution < 1.29 is 0 Å². The highest BCUT2D eigenvalue weighted by Crippen LogP contribution is 2.38. The van der Waals surface area contributed by atoms with Crippen molar-refractivity contribution in [3.63, 3.8) is 0 Å². The average Bonchev–Trinajstić information content (AvgIpc) is 2.70. The summed E-state index contributed by atoms with van der Waals surface area (Å²) in [6.07, 6.45) is 0. The number of rotatable bonds is 4. The van der Waals surface area contributed by atoms with Crippen LogP contribution in [0.4, 0.5) is 22.7 Å². The number of hydrogen-bond donors (Lipinski definition) is 2. The second-order valence-electron chi connectivity index (χ2n) is 5.86. The highest BCUT2D eigenvalue weighted by molar-refractivity contribution is 5.98. The van der Waals surface area contributed by atoms with Crippen molar-refractivity contribution in [2.24, 2.45) is 5.84 Å². The fourth-order valence-electron chi connectivity index (χ4n) is 3.11. The molecule has 3 N–H and O–H groups in total. The first-order chi connectivity index (χ1) is 12.4. The minimum Gasteiger partial charge on any atom is -0.324 e. The predicted molar refractivity (Wildman–Crippen MR) is 106 cm³/mol.